The van der Waals surface area contributed by atoms with Crippen LogP contribution in [0.3, 0.4) is 0 Å². The van der Waals surface area contributed by atoms with Gasteiger partial charge in [-0.2, -0.15) is 0 Å². The molecule has 0 amide bonds. The third-order valence-corrected chi connectivity index (χ3v) is 1.51. The van der Waals surface area contributed by atoms with E-state index in [1.165, 1.54) is 6.42 Å². The molecule has 0 N–H and O–H groups in total. The highest BCUT2D eigenvalue weighted by molar-refractivity contribution is 4.82. The van der Waals surface area contributed by atoms with Crippen molar-refractivity contribution in [3.8, 4) is 0 Å². The molecule has 0 saturated carbocycles. The van der Waals surface area contributed by atoms with E-state index in [0.29, 0.717) is 6.10 Å². The lowest BCUT2D eigenvalue weighted by Gasteiger charge is -2.04. The van der Waals surface area contributed by atoms with E-state index in [1.807, 2.05) is 0 Å². The Morgan fingerprint density at radius 1 is 1.08 bits per heavy atom. The summed E-state index contributed by atoms with van der Waals surface area (Å²) >= 11 is 0. The Hall–Kier alpha value is -0.300. The quantitative estimate of drug-likeness (QED) is 0.438. The second-order valence-electron chi connectivity index (χ2n) is 3.81. The third kappa shape index (κ3) is 9.70. The van der Waals surface area contributed by atoms with Crippen molar-refractivity contribution in [3.05, 3.63) is 12.2 Å². The van der Waals surface area contributed by atoms with Crippen LogP contribution in [0, 0.1) is 5.92 Å². The maximum Gasteiger partial charge on any atom is 0.0519 e. The number of hydrogen-bond donors (Lipinski definition) is 0. The average molecular weight is 170 g/mol. The molecule has 0 fully saturated rings. The van der Waals surface area contributed by atoms with E-state index < -0.39 is 0 Å². The molecule has 72 valence electrons. The Balaban J connectivity index is 3.13. The van der Waals surface area contributed by atoms with Gasteiger partial charge in [0.25, 0.3) is 0 Å². The lowest BCUT2D eigenvalue weighted by molar-refractivity contribution is 0.0825. The van der Waals surface area contributed by atoms with Gasteiger partial charge in [0, 0.05) is 0 Å². The molecule has 12 heavy (non-hydrogen) atoms. The molecule has 0 aromatic heterocycles. The van der Waals surface area contributed by atoms with Crippen LogP contribution in [0.25, 0.3) is 0 Å². The van der Waals surface area contributed by atoms with Gasteiger partial charge in [0.2, 0.25) is 0 Å². The van der Waals surface area contributed by atoms with Crippen LogP contribution in [0.1, 0.15) is 40.5 Å². The van der Waals surface area contributed by atoms with E-state index in [4.69, 9.17) is 4.74 Å². The molecule has 0 bridgehead atoms. The monoisotopic (exact) mass is 170 g/mol. The van der Waals surface area contributed by atoms with Gasteiger partial charge in [-0.1, -0.05) is 26.0 Å². The van der Waals surface area contributed by atoms with Gasteiger partial charge in [0.15, 0.2) is 0 Å². The highest BCUT2D eigenvalue weighted by Crippen LogP contribution is 2.00. The van der Waals surface area contributed by atoms with Crippen LogP contribution < -0.4 is 0 Å². The van der Waals surface area contributed by atoms with Crippen molar-refractivity contribution in [3.63, 3.8) is 0 Å². The molecule has 0 aliphatic carbocycles. The molecule has 1 nitrogen and oxygen atoms in total. The molecular weight excluding hydrogens is 148 g/mol. The Labute approximate surface area is 76.8 Å². The van der Waals surface area contributed by atoms with Gasteiger partial charge in [-0.05, 0) is 32.6 Å². The largest absolute Gasteiger partial charge is 0.378 e. The van der Waals surface area contributed by atoms with E-state index in [9.17, 15) is 0 Å². The Morgan fingerprint density at radius 3 is 2.25 bits per heavy atom. The van der Waals surface area contributed by atoms with E-state index >= 15 is 0 Å². The molecule has 1 heteroatoms. The van der Waals surface area contributed by atoms with Gasteiger partial charge < -0.3 is 4.74 Å². The lowest BCUT2D eigenvalue weighted by atomic mass is 10.1. The van der Waals surface area contributed by atoms with Crippen molar-refractivity contribution in [1.82, 2.24) is 0 Å². The molecule has 0 aromatic carbocycles. The zero-order valence-electron chi connectivity index (χ0n) is 8.84. The van der Waals surface area contributed by atoms with Crippen molar-refractivity contribution in [2.75, 3.05) is 6.61 Å². The first kappa shape index (κ1) is 11.7. The summed E-state index contributed by atoms with van der Waals surface area (Å²) in [4.78, 5) is 0. The zero-order valence-corrected chi connectivity index (χ0v) is 8.84. The van der Waals surface area contributed by atoms with E-state index in [2.05, 4.69) is 39.8 Å². The van der Waals surface area contributed by atoms with E-state index in [1.54, 1.807) is 0 Å². The Kier molecular flexibility index (Phi) is 7.17. The molecular formula is C11H22O. The van der Waals surface area contributed by atoms with Crippen LogP contribution in [0.5, 0.6) is 0 Å². The third-order valence-electron chi connectivity index (χ3n) is 1.51. The number of allylic oxidation sites excluding steroid dienone is 1. The highest BCUT2D eigenvalue weighted by Gasteiger charge is 1.90. The van der Waals surface area contributed by atoms with Gasteiger partial charge in [-0.3, -0.25) is 0 Å². The van der Waals surface area contributed by atoms with Crippen LogP contribution >= 0.6 is 0 Å². The van der Waals surface area contributed by atoms with Crippen molar-refractivity contribution in [2.24, 2.45) is 5.92 Å². The summed E-state index contributed by atoms with van der Waals surface area (Å²) in [6.45, 7) is 9.45. The standard InChI is InChI=1S/C11H22O/c1-10(2)8-6-5-7-9-12-11(3)4/h5-6,10-11H,7-9H2,1-4H3/b6-5+. The van der Waals surface area contributed by atoms with Gasteiger partial charge in [-0.15, -0.1) is 0 Å². The van der Waals surface area contributed by atoms with E-state index in [-0.39, 0.29) is 0 Å². The second-order valence-corrected chi connectivity index (χ2v) is 3.81. The Bertz CT molecular complexity index is 114. The minimum atomic E-state index is 0.364. The first-order valence-electron chi connectivity index (χ1n) is 4.89. The summed E-state index contributed by atoms with van der Waals surface area (Å²) in [5.74, 6) is 0.771. The summed E-state index contributed by atoms with van der Waals surface area (Å²) in [6, 6.07) is 0. The number of ether oxygens (including phenoxy) is 1. The first-order chi connectivity index (χ1) is 5.63. The van der Waals surface area contributed by atoms with Crippen LogP contribution in [0.15, 0.2) is 12.2 Å². The van der Waals surface area contributed by atoms with Crippen molar-refractivity contribution < 1.29 is 4.74 Å². The molecule has 0 aliphatic rings. The summed E-state index contributed by atoms with van der Waals surface area (Å²) in [5, 5.41) is 0. The molecule has 0 spiro atoms. The summed E-state index contributed by atoms with van der Waals surface area (Å²) in [7, 11) is 0. The number of hydrogen-bond acceptors (Lipinski definition) is 1. The molecule has 0 radical (unpaired) electrons. The maximum absolute atomic E-state index is 5.40. The molecule has 0 unspecified atom stereocenters. The summed E-state index contributed by atoms with van der Waals surface area (Å²) in [6.07, 6.45) is 7.05. The first-order valence-corrected chi connectivity index (χ1v) is 4.89. The topological polar surface area (TPSA) is 9.23 Å². The number of rotatable bonds is 6. The Morgan fingerprint density at radius 2 is 1.75 bits per heavy atom. The van der Waals surface area contributed by atoms with Gasteiger partial charge in [0.1, 0.15) is 0 Å². The molecule has 0 atom stereocenters. The predicted molar refractivity (Wildman–Crippen MR) is 54.3 cm³/mol. The fraction of sp³-hybridized carbons (Fsp3) is 0.818. The average Bonchev–Trinajstić information content (AvgIpc) is 1.95. The fourth-order valence-electron chi connectivity index (χ4n) is 0.858. The molecule has 0 heterocycles. The normalized spacial score (nSPS) is 12.2. The lowest BCUT2D eigenvalue weighted by Crippen LogP contribution is -2.02. The fourth-order valence-corrected chi connectivity index (χ4v) is 0.858. The van der Waals surface area contributed by atoms with Crippen LogP contribution in [0.4, 0.5) is 0 Å². The van der Waals surface area contributed by atoms with Crippen LogP contribution in [0.2, 0.25) is 0 Å². The zero-order chi connectivity index (χ0) is 9.40. The smallest absolute Gasteiger partial charge is 0.0519 e. The van der Waals surface area contributed by atoms with Crippen molar-refractivity contribution >= 4 is 0 Å². The van der Waals surface area contributed by atoms with E-state index in [0.717, 1.165) is 18.9 Å². The van der Waals surface area contributed by atoms with Crippen LogP contribution in [-0.4, -0.2) is 12.7 Å². The molecule has 0 rings (SSSR count). The van der Waals surface area contributed by atoms with Crippen LogP contribution in [-0.2, 0) is 4.74 Å². The minimum absolute atomic E-state index is 0.364. The highest BCUT2D eigenvalue weighted by atomic mass is 16.5. The van der Waals surface area contributed by atoms with Gasteiger partial charge in [0.05, 0.1) is 12.7 Å². The van der Waals surface area contributed by atoms with Crippen molar-refractivity contribution in [2.45, 2.75) is 46.6 Å². The molecule has 0 aliphatic heterocycles. The SMILES string of the molecule is CC(C)C/C=C/CCOC(C)C. The second kappa shape index (κ2) is 7.35. The van der Waals surface area contributed by atoms with Gasteiger partial charge in [-0.25, -0.2) is 0 Å². The molecule has 0 aromatic rings. The summed E-state index contributed by atoms with van der Waals surface area (Å²) < 4.78 is 5.40. The summed E-state index contributed by atoms with van der Waals surface area (Å²) in [5.41, 5.74) is 0. The maximum atomic E-state index is 5.40. The van der Waals surface area contributed by atoms with Gasteiger partial charge >= 0.3 is 0 Å². The van der Waals surface area contributed by atoms with Crippen molar-refractivity contribution in [1.29, 1.82) is 0 Å². The minimum Gasteiger partial charge on any atom is -0.378 e. The molecule has 0 saturated heterocycles. The predicted octanol–water partition coefficient (Wildman–Crippen LogP) is 3.40.